The van der Waals surface area contributed by atoms with Gasteiger partial charge in [-0.15, -0.1) is 11.3 Å². The lowest BCUT2D eigenvalue weighted by molar-refractivity contribution is 0.0547. The van der Waals surface area contributed by atoms with Crippen molar-refractivity contribution in [1.29, 1.82) is 0 Å². The number of hydrogen-bond acceptors (Lipinski definition) is 4. The molecule has 3 nitrogen and oxygen atoms in total. The maximum atomic E-state index is 5.81. The van der Waals surface area contributed by atoms with Crippen LogP contribution in [0.2, 0.25) is 0 Å². The minimum atomic E-state index is 0.376. The highest BCUT2D eigenvalue weighted by Crippen LogP contribution is 2.25. The zero-order chi connectivity index (χ0) is 12.4. The summed E-state index contributed by atoms with van der Waals surface area (Å²) in [6, 6.07) is 0.376. The van der Waals surface area contributed by atoms with E-state index in [0.29, 0.717) is 18.2 Å². The summed E-state index contributed by atoms with van der Waals surface area (Å²) >= 11 is 1.79. The van der Waals surface area contributed by atoms with E-state index in [2.05, 4.69) is 38.0 Å². The Morgan fingerprint density at radius 2 is 2.24 bits per heavy atom. The van der Waals surface area contributed by atoms with Crippen molar-refractivity contribution in [3.8, 4) is 0 Å². The summed E-state index contributed by atoms with van der Waals surface area (Å²) in [5.74, 6) is 0. The highest BCUT2D eigenvalue weighted by atomic mass is 32.1. The van der Waals surface area contributed by atoms with Crippen LogP contribution in [0.15, 0.2) is 0 Å². The van der Waals surface area contributed by atoms with E-state index in [1.165, 1.54) is 17.7 Å². The molecule has 3 atom stereocenters. The summed E-state index contributed by atoms with van der Waals surface area (Å²) < 4.78 is 5.81. The molecule has 2 heterocycles. The van der Waals surface area contributed by atoms with E-state index in [1.807, 2.05) is 0 Å². The second kappa shape index (κ2) is 5.46. The summed E-state index contributed by atoms with van der Waals surface area (Å²) in [4.78, 5) is 5.83. The fraction of sp³-hybridized carbons (Fsp3) is 0.769. The Labute approximate surface area is 108 Å². The molecule has 3 unspecified atom stereocenters. The van der Waals surface area contributed by atoms with Gasteiger partial charge in [0.2, 0.25) is 0 Å². The van der Waals surface area contributed by atoms with Crippen molar-refractivity contribution in [2.24, 2.45) is 0 Å². The van der Waals surface area contributed by atoms with Crippen molar-refractivity contribution in [3.05, 3.63) is 15.6 Å². The SMILES string of the molecule is Cc1nc(C)c(C(C)NCC2CCC(C)O2)s1. The van der Waals surface area contributed by atoms with Crippen molar-refractivity contribution in [3.63, 3.8) is 0 Å². The second-order valence-corrected chi connectivity index (χ2v) is 6.19. The Hall–Kier alpha value is -0.450. The third-order valence-electron chi connectivity index (χ3n) is 3.30. The van der Waals surface area contributed by atoms with Crippen molar-refractivity contribution in [2.45, 2.75) is 58.8 Å². The van der Waals surface area contributed by atoms with Crippen LogP contribution in [0.3, 0.4) is 0 Å². The van der Waals surface area contributed by atoms with Gasteiger partial charge in [0.1, 0.15) is 0 Å². The summed E-state index contributed by atoms with van der Waals surface area (Å²) in [6.45, 7) is 9.46. The molecule has 2 rings (SSSR count). The third-order valence-corrected chi connectivity index (χ3v) is 4.56. The van der Waals surface area contributed by atoms with Crippen molar-refractivity contribution < 1.29 is 4.74 Å². The molecule has 1 aliphatic heterocycles. The molecule has 0 spiro atoms. The summed E-state index contributed by atoms with van der Waals surface area (Å²) in [7, 11) is 0. The lowest BCUT2D eigenvalue weighted by atomic mass is 10.2. The first-order valence-electron chi connectivity index (χ1n) is 6.39. The van der Waals surface area contributed by atoms with Crippen LogP contribution < -0.4 is 5.32 Å². The molecule has 1 aromatic heterocycles. The number of rotatable bonds is 4. The van der Waals surface area contributed by atoms with Crippen molar-refractivity contribution in [1.82, 2.24) is 10.3 Å². The van der Waals surface area contributed by atoms with Crippen LogP contribution in [-0.4, -0.2) is 23.7 Å². The number of aryl methyl sites for hydroxylation is 2. The largest absolute Gasteiger partial charge is 0.374 e. The predicted octanol–water partition coefficient (Wildman–Crippen LogP) is 2.98. The van der Waals surface area contributed by atoms with Crippen molar-refractivity contribution in [2.75, 3.05) is 6.54 Å². The Kier molecular flexibility index (Phi) is 4.17. The van der Waals surface area contributed by atoms with E-state index in [-0.39, 0.29) is 0 Å². The topological polar surface area (TPSA) is 34.2 Å². The highest BCUT2D eigenvalue weighted by Gasteiger charge is 2.22. The van der Waals surface area contributed by atoms with E-state index < -0.39 is 0 Å². The van der Waals surface area contributed by atoms with Gasteiger partial charge in [-0.25, -0.2) is 4.98 Å². The Morgan fingerprint density at radius 3 is 2.76 bits per heavy atom. The second-order valence-electron chi connectivity index (χ2n) is 4.96. The van der Waals surface area contributed by atoms with Crippen LogP contribution in [0.25, 0.3) is 0 Å². The minimum absolute atomic E-state index is 0.376. The van der Waals surface area contributed by atoms with Gasteiger partial charge >= 0.3 is 0 Å². The number of nitrogens with one attached hydrogen (secondary N) is 1. The van der Waals surface area contributed by atoms with Crippen LogP contribution in [0.4, 0.5) is 0 Å². The number of ether oxygens (including phenoxy) is 1. The van der Waals surface area contributed by atoms with Gasteiger partial charge in [-0.05, 0) is 40.5 Å². The molecule has 0 amide bonds. The van der Waals surface area contributed by atoms with Crippen LogP contribution in [-0.2, 0) is 4.74 Å². The van der Waals surface area contributed by atoms with Crippen LogP contribution in [0.5, 0.6) is 0 Å². The molecule has 4 heteroatoms. The molecule has 1 aliphatic rings. The molecule has 0 aromatic carbocycles. The molecule has 17 heavy (non-hydrogen) atoms. The molecule has 1 aromatic rings. The van der Waals surface area contributed by atoms with E-state index >= 15 is 0 Å². The zero-order valence-corrected chi connectivity index (χ0v) is 11.9. The molecule has 0 aliphatic carbocycles. The van der Waals surface area contributed by atoms with E-state index in [9.17, 15) is 0 Å². The molecule has 1 N–H and O–H groups in total. The van der Waals surface area contributed by atoms with Crippen LogP contribution in [0.1, 0.15) is 48.3 Å². The minimum Gasteiger partial charge on any atom is -0.374 e. The van der Waals surface area contributed by atoms with Gasteiger partial charge in [0.25, 0.3) is 0 Å². The molecule has 1 saturated heterocycles. The average molecular weight is 254 g/mol. The van der Waals surface area contributed by atoms with Gasteiger partial charge in [0.05, 0.1) is 22.9 Å². The summed E-state index contributed by atoms with van der Waals surface area (Å²) in [5, 5.41) is 4.71. The lowest BCUT2D eigenvalue weighted by Gasteiger charge is -2.17. The molecular weight excluding hydrogens is 232 g/mol. The maximum Gasteiger partial charge on any atom is 0.0900 e. The molecular formula is C13H22N2OS. The number of nitrogens with zero attached hydrogens (tertiary/aromatic N) is 1. The normalized spacial score (nSPS) is 26.4. The Bertz CT molecular complexity index is 377. The average Bonchev–Trinajstić information content (AvgIpc) is 2.81. The molecule has 0 bridgehead atoms. The lowest BCUT2D eigenvalue weighted by Crippen LogP contribution is -2.29. The van der Waals surface area contributed by atoms with Gasteiger partial charge in [-0.3, -0.25) is 0 Å². The molecule has 1 fully saturated rings. The fourth-order valence-corrected chi connectivity index (χ4v) is 3.34. The number of aromatic nitrogens is 1. The Balaban J connectivity index is 1.85. The number of hydrogen-bond donors (Lipinski definition) is 1. The summed E-state index contributed by atoms with van der Waals surface area (Å²) in [6.07, 6.45) is 3.20. The van der Waals surface area contributed by atoms with Gasteiger partial charge < -0.3 is 10.1 Å². The highest BCUT2D eigenvalue weighted by molar-refractivity contribution is 7.11. The van der Waals surface area contributed by atoms with E-state index in [0.717, 1.165) is 17.2 Å². The fourth-order valence-electron chi connectivity index (χ4n) is 2.39. The maximum absolute atomic E-state index is 5.81. The smallest absolute Gasteiger partial charge is 0.0900 e. The van der Waals surface area contributed by atoms with Gasteiger partial charge in [0.15, 0.2) is 0 Å². The molecule has 0 saturated carbocycles. The molecule has 96 valence electrons. The van der Waals surface area contributed by atoms with Crippen LogP contribution in [0, 0.1) is 13.8 Å². The van der Waals surface area contributed by atoms with Gasteiger partial charge in [-0.1, -0.05) is 0 Å². The number of thiazole rings is 1. The van der Waals surface area contributed by atoms with Crippen LogP contribution >= 0.6 is 11.3 Å². The quantitative estimate of drug-likeness (QED) is 0.897. The standard InChI is InChI=1S/C13H22N2OS/c1-8-5-6-12(16-8)7-14-9(2)13-10(3)15-11(4)17-13/h8-9,12,14H,5-7H2,1-4H3. The first-order chi connectivity index (χ1) is 8.06. The third kappa shape index (κ3) is 3.27. The zero-order valence-electron chi connectivity index (χ0n) is 11.1. The first-order valence-corrected chi connectivity index (χ1v) is 7.20. The Morgan fingerprint density at radius 1 is 1.47 bits per heavy atom. The van der Waals surface area contributed by atoms with E-state index in [1.54, 1.807) is 11.3 Å². The van der Waals surface area contributed by atoms with Crippen molar-refractivity contribution >= 4 is 11.3 Å². The monoisotopic (exact) mass is 254 g/mol. The van der Waals surface area contributed by atoms with Gasteiger partial charge in [0, 0.05) is 17.5 Å². The molecule has 0 radical (unpaired) electrons. The van der Waals surface area contributed by atoms with E-state index in [4.69, 9.17) is 4.74 Å². The predicted molar refractivity (Wildman–Crippen MR) is 71.6 cm³/mol. The first kappa shape index (κ1) is 13.0. The van der Waals surface area contributed by atoms with Gasteiger partial charge in [-0.2, -0.15) is 0 Å². The summed E-state index contributed by atoms with van der Waals surface area (Å²) in [5.41, 5.74) is 1.16.